The van der Waals surface area contributed by atoms with Gasteiger partial charge in [-0.2, -0.15) is 0 Å². The lowest BCUT2D eigenvalue weighted by Gasteiger charge is -2.43. The molecule has 6 fully saturated rings. The Hall–Kier alpha value is -2.73. The van der Waals surface area contributed by atoms with Crippen molar-refractivity contribution in [3.8, 4) is 0 Å². The standard InChI is InChI=1S/C38H63N7O5/c1-34(2,3)29(42-33(50)43-36(13-7-6-8-14-36)23-44-19-17-40-18-20-44)32(49)45-24-38(35(4,5)37(38)15-10-16-37)22-27(45)31(48)41-26(28(46)30(39)47)21-25-11-9-12-25/h25-27,29,40H,6-24H2,1-5H3,(H2,39,47)(H,41,48)(H2,42,43,50)/t26?,27-,29-,38?/m0/s1. The van der Waals surface area contributed by atoms with Crippen LogP contribution >= 0.6 is 0 Å². The molecule has 6 N–H and O–H groups in total. The first-order valence-corrected chi connectivity index (χ1v) is 19.5. The number of piperazine rings is 1. The molecule has 2 spiro atoms. The van der Waals surface area contributed by atoms with E-state index in [1.54, 1.807) is 4.90 Å². The number of rotatable bonds is 11. The fourth-order valence-electron chi connectivity index (χ4n) is 10.9. The molecule has 0 radical (unpaired) electrons. The molecule has 2 aliphatic heterocycles. The summed E-state index contributed by atoms with van der Waals surface area (Å²) in [6.07, 6.45) is 12.2. The number of ketones is 1. The maximum atomic E-state index is 14.9. The highest BCUT2D eigenvalue weighted by molar-refractivity contribution is 6.37. The molecule has 50 heavy (non-hydrogen) atoms. The quantitative estimate of drug-likeness (QED) is 0.207. The molecule has 12 heteroatoms. The minimum absolute atomic E-state index is 0.0560. The number of nitrogens with one attached hydrogen (secondary N) is 4. The monoisotopic (exact) mass is 697 g/mol. The number of nitrogens with zero attached hydrogens (tertiary/aromatic N) is 2. The molecule has 2 unspecified atom stereocenters. The van der Waals surface area contributed by atoms with Gasteiger partial charge in [0.25, 0.3) is 5.91 Å². The minimum atomic E-state index is -1.06. The van der Waals surface area contributed by atoms with Gasteiger partial charge in [-0.15, -0.1) is 0 Å². The number of carbonyl (C=O) groups is 5. The Balaban J connectivity index is 1.23. The summed E-state index contributed by atoms with van der Waals surface area (Å²) in [7, 11) is 0. The highest BCUT2D eigenvalue weighted by Gasteiger charge is 2.85. The predicted octanol–water partition coefficient (Wildman–Crippen LogP) is 2.84. The van der Waals surface area contributed by atoms with E-state index in [4.69, 9.17) is 5.73 Å². The van der Waals surface area contributed by atoms with Crippen LogP contribution in [0.25, 0.3) is 0 Å². The molecule has 6 rings (SSSR count). The van der Waals surface area contributed by atoms with Gasteiger partial charge in [0.1, 0.15) is 12.1 Å². The first-order chi connectivity index (χ1) is 23.5. The van der Waals surface area contributed by atoms with Crippen molar-refractivity contribution in [1.29, 1.82) is 0 Å². The van der Waals surface area contributed by atoms with Crippen molar-refractivity contribution in [2.24, 2.45) is 33.3 Å². The van der Waals surface area contributed by atoms with Gasteiger partial charge in [-0.05, 0) is 60.7 Å². The Bertz CT molecular complexity index is 1340. The van der Waals surface area contributed by atoms with E-state index in [1.807, 2.05) is 20.8 Å². The summed E-state index contributed by atoms with van der Waals surface area (Å²) in [6.45, 7) is 15.3. The minimum Gasteiger partial charge on any atom is -0.363 e. The zero-order chi connectivity index (χ0) is 36.1. The third-order valence-corrected chi connectivity index (χ3v) is 14.4. The van der Waals surface area contributed by atoms with Crippen LogP contribution in [0, 0.1) is 27.6 Å². The van der Waals surface area contributed by atoms with Crippen LogP contribution in [-0.4, -0.2) is 102 Å². The van der Waals surface area contributed by atoms with Gasteiger partial charge in [-0.1, -0.05) is 79.6 Å². The number of primary amides is 1. The summed E-state index contributed by atoms with van der Waals surface area (Å²) in [5, 5.41) is 12.8. The lowest BCUT2D eigenvalue weighted by Crippen LogP contribution is -2.64. The summed E-state index contributed by atoms with van der Waals surface area (Å²) in [4.78, 5) is 72.2. The molecular formula is C38H63N7O5. The van der Waals surface area contributed by atoms with E-state index in [0.717, 1.165) is 103 Å². The first-order valence-electron chi connectivity index (χ1n) is 19.5. The van der Waals surface area contributed by atoms with Crippen LogP contribution in [0.15, 0.2) is 0 Å². The van der Waals surface area contributed by atoms with Gasteiger partial charge in [-0.25, -0.2) is 4.79 Å². The molecule has 0 bridgehead atoms. The Kier molecular flexibility index (Phi) is 10.1. The molecular weight excluding hydrogens is 634 g/mol. The lowest BCUT2D eigenvalue weighted by atomic mass is 9.73. The highest BCUT2D eigenvalue weighted by Crippen LogP contribution is 2.88. The number of likely N-dealkylation sites (tertiary alicyclic amines) is 1. The van der Waals surface area contributed by atoms with Crippen LogP contribution < -0.4 is 27.0 Å². The van der Waals surface area contributed by atoms with Crippen molar-refractivity contribution >= 4 is 29.5 Å². The molecule has 0 aromatic rings. The molecule has 0 aromatic heterocycles. The Morgan fingerprint density at radius 2 is 1.54 bits per heavy atom. The maximum Gasteiger partial charge on any atom is 0.315 e. The second-order valence-corrected chi connectivity index (χ2v) is 18.4. The molecule has 2 heterocycles. The van der Waals surface area contributed by atoms with Crippen LogP contribution in [-0.2, 0) is 19.2 Å². The van der Waals surface area contributed by atoms with Crippen molar-refractivity contribution < 1.29 is 24.0 Å². The van der Waals surface area contributed by atoms with Gasteiger partial charge in [0.15, 0.2) is 0 Å². The van der Waals surface area contributed by atoms with E-state index < -0.39 is 41.1 Å². The van der Waals surface area contributed by atoms with Crippen LogP contribution in [0.3, 0.4) is 0 Å². The van der Waals surface area contributed by atoms with Crippen molar-refractivity contribution in [2.45, 2.75) is 142 Å². The number of nitrogens with two attached hydrogens (primary N) is 1. The average Bonchev–Trinajstić information content (AvgIpc) is 3.23. The van der Waals surface area contributed by atoms with Crippen molar-refractivity contribution in [2.75, 3.05) is 39.3 Å². The Morgan fingerprint density at radius 3 is 2.06 bits per heavy atom. The van der Waals surface area contributed by atoms with Crippen LogP contribution in [0.5, 0.6) is 0 Å². The molecule has 280 valence electrons. The van der Waals surface area contributed by atoms with E-state index in [2.05, 4.69) is 40.0 Å². The van der Waals surface area contributed by atoms with E-state index in [-0.39, 0.29) is 39.6 Å². The van der Waals surface area contributed by atoms with Gasteiger partial charge in [0, 0.05) is 44.7 Å². The Morgan fingerprint density at radius 1 is 0.880 bits per heavy atom. The summed E-state index contributed by atoms with van der Waals surface area (Å²) in [6, 6.07) is -3.06. The zero-order valence-electron chi connectivity index (χ0n) is 31.3. The summed E-state index contributed by atoms with van der Waals surface area (Å²) >= 11 is 0. The fraction of sp³-hybridized carbons (Fsp3) is 0.868. The summed E-state index contributed by atoms with van der Waals surface area (Å²) < 4.78 is 0. The third kappa shape index (κ3) is 6.56. The molecule has 12 nitrogen and oxygen atoms in total. The Labute approximate surface area is 298 Å². The maximum absolute atomic E-state index is 14.9. The number of amides is 5. The number of carbonyl (C=O) groups excluding carboxylic acids is 5. The number of Topliss-reactive ketones (excluding diaryl/α,β-unsaturated/α-hetero) is 1. The van der Waals surface area contributed by atoms with E-state index in [9.17, 15) is 24.0 Å². The van der Waals surface area contributed by atoms with Crippen molar-refractivity contribution in [3.05, 3.63) is 0 Å². The van der Waals surface area contributed by atoms with Crippen LogP contribution in [0.4, 0.5) is 4.79 Å². The summed E-state index contributed by atoms with van der Waals surface area (Å²) in [5.41, 5.74) is 4.21. The topological polar surface area (TPSA) is 166 Å². The number of hydrogen-bond acceptors (Lipinski definition) is 7. The molecule has 4 atom stereocenters. The second-order valence-electron chi connectivity index (χ2n) is 18.4. The number of hydrogen-bond donors (Lipinski definition) is 5. The average molecular weight is 698 g/mol. The van der Waals surface area contributed by atoms with Crippen molar-refractivity contribution in [1.82, 2.24) is 31.1 Å². The molecule has 6 aliphatic rings. The predicted molar refractivity (Wildman–Crippen MR) is 191 cm³/mol. The fourth-order valence-corrected chi connectivity index (χ4v) is 10.9. The van der Waals surface area contributed by atoms with E-state index >= 15 is 0 Å². The zero-order valence-corrected chi connectivity index (χ0v) is 31.3. The molecule has 0 aromatic carbocycles. The van der Waals surface area contributed by atoms with Gasteiger partial charge in [0.2, 0.25) is 17.6 Å². The number of urea groups is 1. The van der Waals surface area contributed by atoms with Crippen LogP contribution in [0.1, 0.15) is 118 Å². The smallest absolute Gasteiger partial charge is 0.315 e. The summed E-state index contributed by atoms with van der Waals surface area (Å²) in [5.74, 6) is -2.29. The molecule has 4 aliphatic carbocycles. The lowest BCUT2D eigenvalue weighted by molar-refractivity contribution is -0.143. The normalized spacial score (nSPS) is 29.7. The number of fused-ring (bicyclic) bond motifs is 1. The van der Waals surface area contributed by atoms with Crippen LogP contribution in [0.2, 0.25) is 0 Å². The van der Waals surface area contributed by atoms with Gasteiger partial charge in [-0.3, -0.25) is 24.1 Å². The first kappa shape index (κ1) is 37.0. The molecule has 5 amide bonds. The van der Waals surface area contributed by atoms with Gasteiger partial charge < -0.3 is 31.9 Å². The van der Waals surface area contributed by atoms with E-state index in [0.29, 0.717) is 19.4 Å². The molecule has 2 saturated heterocycles. The van der Waals surface area contributed by atoms with Gasteiger partial charge in [0.05, 0.1) is 11.6 Å². The largest absolute Gasteiger partial charge is 0.363 e. The van der Waals surface area contributed by atoms with Crippen molar-refractivity contribution in [3.63, 3.8) is 0 Å². The second kappa shape index (κ2) is 13.7. The van der Waals surface area contributed by atoms with Gasteiger partial charge >= 0.3 is 6.03 Å². The SMILES string of the molecule is CC(C)(C)[C@@H](NC(=O)NC1(CN2CCNCC2)CCCCC1)C(=O)N1CC2(C[C@H]1C(=O)NC(CC1CCC1)C(=O)C(N)=O)C(C)(C)C21CCC1. The third-order valence-electron chi connectivity index (χ3n) is 14.4. The molecule has 4 saturated carbocycles. The highest BCUT2D eigenvalue weighted by atomic mass is 16.2. The van der Waals surface area contributed by atoms with E-state index in [1.165, 1.54) is 0 Å².